The van der Waals surface area contributed by atoms with Gasteiger partial charge in [-0.05, 0) is 12.5 Å². The van der Waals surface area contributed by atoms with Crippen LogP contribution < -0.4 is 0 Å². The van der Waals surface area contributed by atoms with E-state index in [4.69, 9.17) is 23.2 Å². The molecule has 0 saturated carbocycles. The maximum atomic E-state index is 5.71. The van der Waals surface area contributed by atoms with Gasteiger partial charge in [0.25, 0.3) is 0 Å². The number of hydrogen-bond acceptors (Lipinski definition) is 0. The highest BCUT2D eigenvalue weighted by atomic mass is 35.5. The molecule has 0 heterocycles. The Kier molecular flexibility index (Phi) is 5.46. The average molecular weight is 177 g/mol. The minimum absolute atomic E-state index is 0.565. The second-order valence-electron chi connectivity index (χ2n) is 1.73. The number of rotatable bonds is 3. The second-order valence-corrected chi connectivity index (χ2v) is 2.60. The molecule has 0 aromatic rings. The van der Waals surface area contributed by atoms with Crippen molar-refractivity contribution in [3.8, 4) is 0 Å². The van der Waals surface area contributed by atoms with Crippen molar-refractivity contribution in [3.05, 3.63) is 34.9 Å². The van der Waals surface area contributed by atoms with E-state index in [0.29, 0.717) is 10.1 Å². The molecule has 10 heavy (non-hydrogen) atoms. The molecule has 0 rings (SSSR count). The van der Waals surface area contributed by atoms with Crippen LogP contribution in [0.1, 0.15) is 13.3 Å². The van der Waals surface area contributed by atoms with Crippen LogP contribution in [-0.2, 0) is 0 Å². The first kappa shape index (κ1) is 9.80. The zero-order chi connectivity index (χ0) is 7.98. The van der Waals surface area contributed by atoms with Crippen LogP contribution in [0.2, 0.25) is 0 Å². The molecular formula is C8H10Cl2. The Morgan fingerprint density at radius 3 is 2.40 bits per heavy atom. The maximum absolute atomic E-state index is 5.71. The Balaban J connectivity index is 4.11. The smallest absolute Gasteiger partial charge is 0.0414 e. The van der Waals surface area contributed by atoms with Gasteiger partial charge >= 0.3 is 0 Å². The summed E-state index contributed by atoms with van der Waals surface area (Å²) in [6.07, 6.45) is 6.01. The van der Waals surface area contributed by atoms with Crippen LogP contribution in [0.3, 0.4) is 0 Å². The van der Waals surface area contributed by atoms with Crippen LogP contribution in [0, 0.1) is 0 Å². The van der Waals surface area contributed by atoms with Gasteiger partial charge in [0.05, 0.1) is 0 Å². The summed E-state index contributed by atoms with van der Waals surface area (Å²) in [7, 11) is 0. The van der Waals surface area contributed by atoms with Crippen molar-refractivity contribution in [2.45, 2.75) is 13.3 Å². The van der Waals surface area contributed by atoms with Crippen molar-refractivity contribution < 1.29 is 0 Å². The molecule has 0 aliphatic heterocycles. The Hall–Kier alpha value is -0.200. The molecule has 0 nitrogen and oxygen atoms in total. The largest absolute Gasteiger partial charge is 0.0976 e. The van der Waals surface area contributed by atoms with E-state index >= 15 is 0 Å². The van der Waals surface area contributed by atoms with Crippen LogP contribution >= 0.6 is 23.2 Å². The van der Waals surface area contributed by atoms with E-state index in [0.717, 1.165) is 6.42 Å². The van der Waals surface area contributed by atoms with Crippen molar-refractivity contribution in [3.63, 3.8) is 0 Å². The van der Waals surface area contributed by atoms with E-state index < -0.39 is 0 Å². The van der Waals surface area contributed by atoms with E-state index in [1.165, 1.54) is 0 Å². The molecule has 0 aliphatic carbocycles. The molecule has 0 N–H and O–H groups in total. The van der Waals surface area contributed by atoms with Crippen molar-refractivity contribution in [2.24, 2.45) is 0 Å². The summed E-state index contributed by atoms with van der Waals surface area (Å²) in [4.78, 5) is 0. The lowest BCUT2D eigenvalue weighted by Gasteiger charge is -1.87. The molecule has 56 valence electrons. The molecule has 0 bridgehead atoms. The van der Waals surface area contributed by atoms with E-state index in [1.807, 2.05) is 13.0 Å². The summed E-state index contributed by atoms with van der Waals surface area (Å²) in [6.45, 7) is 5.50. The molecule has 0 radical (unpaired) electrons. The average Bonchev–Trinajstić information content (AvgIpc) is 1.88. The molecule has 0 aliphatic rings. The first-order valence-electron chi connectivity index (χ1n) is 3.06. The predicted molar refractivity (Wildman–Crippen MR) is 48.4 cm³/mol. The lowest BCUT2D eigenvalue weighted by molar-refractivity contribution is 1.22. The third-order valence-corrected chi connectivity index (χ3v) is 1.40. The molecule has 0 atom stereocenters. The summed E-state index contributed by atoms with van der Waals surface area (Å²) >= 11 is 11.3. The zero-order valence-corrected chi connectivity index (χ0v) is 7.41. The SMILES string of the molecule is C=CC(Cl)=CC(Cl)=CCC. The van der Waals surface area contributed by atoms with Gasteiger partial charge in [0.2, 0.25) is 0 Å². The van der Waals surface area contributed by atoms with E-state index in [2.05, 4.69) is 6.58 Å². The van der Waals surface area contributed by atoms with Gasteiger partial charge in [-0.2, -0.15) is 0 Å². The Labute approximate surface area is 71.8 Å². The normalized spacial score (nSPS) is 13.5. The van der Waals surface area contributed by atoms with Crippen molar-refractivity contribution in [1.29, 1.82) is 0 Å². The monoisotopic (exact) mass is 176 g/mol. The Bertz CT molecular complexity index is 166. The minimum Gasteiger partial charge on any atom is -0.0976 e. The summed E-state index contributed by atoms with van der Waals surface area (Å²) in [5, 5.41) is 1.22. The highest BCUT2D eigenvalue weighted by Crippen LogP contribution is 2.11. The first-order valence-corrected chi connectivity index (χ1v) is 3.81. The highest BCUT2D eigenvalue weighted by Gasteiger charge is 1.86. The Morgan fingerprint density at radius 2 is 2.00 bits per heavy atom. The van der Waals surface area contributed by atoms with Crippen molar-refractivity contribution in [1.82, 2.24) is 0 Å². The van der Waals surface area contributed by atoms with Gasteiger partial charge in [-0.1, -0.05) is 48.9 Å². The van der Waals surface area contributed by atoms with E-state index in [-0.39, 0.29) is 0 Å². The molecule has 0 amide bonds. The summed E-state index contributed by atoms with van der Waals surface area (Å²) < 4.78 is 0. The number of hydrogen-bond donors (Lipinski definition) is 0. The van der Waals surface area contributed by atoms with Gasteiger partial charge in [0.1, 0.15) is 0 Å². The zero-order valence-electron chi connectivity index (χ0n) is 5.90. The molecule has 0 saturated heterocycles. The van der Waals surface area contributed by atoms with Crippen LogP contribution in [0.15, 0.2) is 34.9 Å². The number of allylic oxidation sites excluding steroid dienone is 5. The van der Waals surface area contributed by atoms with Gasteiger partial charge in [0.15, 0.2) is 0 Å². The molecule has 0 unspecified atom stereocenters. The Morgan fingerprint density at radius 1 is 1.40 bits per heavy atom. The molecule has 0 fully saturated rings. The molecule has 0 spiro atoms. The highest BCUT2D eigenvalue weighted by molar-refractivity contribution is 6.35. The molecular weight excluding hydrogens is 167 g/mol. The van der Waals surface area contributed by atoms with Crippen molar-refractivity contribution in [2.75, 3.05) is 0 Å². The van der Waals surface area contributed by atoms with Crippen molar-refractivity contribution >= 4 is 23.2 Å². The van der Waals surface area contributed by atoms with Crippen LogP contribution in [0.4, 0.5) is 0 Å². The van der Waals surface area contributed by atoms with Crippen LogP contribution in [0.25, 0.3) is 0 Å². The predicted octanol–water partition coefficient (Wildman–Crippen LogP) is 3.83. The van der Waals surface area contributed by atoms with Crippen LogP contribution in [-0.4, -0.2) is 0 Å². The fourth-order valence-corrected chi connectivity index (χ4v) is 0.890. The van der Waals surface area contributed by atoms with Gasteiger partial charge in [-0.15, -0.1) is 0 Å². The van der Waals surface area contributed by atoms with Gasteiger partial charge in [-0.25, -0.2) is 0 Å². The number of halogens is 2. The third kappa shape index (κ3) is 4.66. The summed E-state index contributed by atoms with van der Waals surface area (Å²) in [5.41, 5.74) is 0. The van der Waals surface area contributed by atoms with Crippen LogP contribution in [0.5, 0.6) is 0 Å². The topological polar surface area (TPSA) is 0 Å². The lowest BCUT2D eigenvalue weighted by atomic mass is 10.4. The van der Waals surface area contributed by atoms with Gasteiger partial charge in [-0.3, -0.25) is 0 Å². The third-order valence-electron chi connectivity index (χ3n) is 0.870. The van der Waals surface area contributed by atoms with E-state index in [1.54, 1.807) is 12.2 Å². The van der Waals surface area contributed by atoms with E-state index in [9.17, 15) is 0 Å². The standard InChI is InChI=1S/C8H10Cl2/c1-3-5-8(10)6-7(9)4-2/h4-6H,2-3H2,1H3. The minimum atomic E-state index is 0.565. The fraction of sp³-hybridized carbons (Fsp3) is 0.250. The first-order chi connectivity index (χ1) is 4.70. The fourth-order valence-electron chi connectivity index (χ4n) is 0.445. The summed E-state index contributed by atoms with van der Waals surface area (Å²) in [6, 6.07) is 0. The molecule has 0 aromatic carbocycles. The lowest BCUT2D eigenvalue weighted by Crippen LogP contribution is -1.65. The molecule has 2 heteroatoms. The second kappa shape index (κ2) is 5.57. The maximum Gasteiger partial charge on any atom is 0.0414 e. The van der Waals surface area contributed by atoms with Gasteiger partial charge in [0, 0.05) is 10.1 Å². The molecule has 0 aromatic heterocycles. The van der Waals surface area contributed by atoms with Gasteiger partial charge < -0.3 is 0 Å². The quantitative estimate of drug-likeness (QED) is 0.574. The summed E-state index contributed by atoms with van der Waals surface area (Å²) in [5.74, 6) is 0.